The van der Waals surface area contributed by atoms with E-state index in [9.17, 15) is 4.79 Å². The third kappa shape index (κ3) is 8.99. The summed E-state index contributed by atoms with van der Waals surface area (Å²) < 4.78 is 17.3. The number of hydrogen-bond acceptors (Lipinski definition) is 8. The van der Waals surface area contributed by atoms with E-state index < -0.39 is 0 Å². The van der Waals surface area contributed by atoms with Gasteiger partial charge in [0.2, 0.25) is 5.91 Å². The maximum Gasteiger partial charge on any atom is 0.373 e. The summed E-state index contributed by atoms with van der Waals surface area (Å²) in [5, 5.41) is 3.94. The number of nitrogens with one attached hydrogen (secondary N) is 1. The molecule has 0 bridgehead atoms. The van der Waals surface area contributed by atoms with E-state index in [-0.39, 0.29) is 30.8 Å². The summed E-state index contributed by atoms with van der Waals surface area (Å²) in [4.78, 5) is 33.0. The number of fused-ring (bicyclic) bond motifs is 1. The molecule has 3 aromatic rings. The first kappa shape index (κ1) is 27.8. The Labute approximate surface area is 216 Å². The molecule has 3 N–H and O–H groups in total. The average molecular weight is 508 g/mol. The molecule has 37 heavy (non-hydrogen) atoms. The van der Waals surface area contributed by atoms with Crippen molar-refractivity contribution in [1.82, 2.24) is 10.3 Å². The molecule has 1 fully saturated rings. The number of benzene rings is 2. The van der Waals surface area contributed by atoms with E-state index in [2.05, 4.69) is 10.3 Å². The Morgan fingerprint density at radius 1 is 1.03 bits per heavy atom. The van der Waals surface area contributed by atoms with Gasteiger partial charge in [0.15, 0.2) is 0 Å². The lowest BCUT2D eigenvalue weighted by Gasteiger charge is -2.30. The highest BCUT2D eigenvalue weighted by Gasteiger charge is 2.24. The molecule has 1 aliphatic carbocycles. The third-order valence-electron chi connectivity index (χ3n) is 6.00. The molecule has 196 valence electrons. The highest BCUT2D eigenvalue weighted by Crippen LogP contribution is 2.33. The smallest absolute Gasteiger partial charge is 0.373 e. The molecule has 9 nitrogen and oxygen atoms in total. The Kier molecular flexibility index (Phi) is 11.0. The van der Waals surface area contributed by atoms with Gasteiger partial charge in [-0.05, 0) is 56.4 Å². The van der Waals surface area contributed by atoms with Gasteiger partial charge in [-0.1, -0.05) is 36.4 Å². The van der Waals surface area contributed by atoms with Crippen LogP contribution in [-0.2, 0) is 30.5 Å². The van der Waals surface area contributed by atoms with Crippen LogP contribution in [0.2, 0.25) is 0 Å². The SMILES string of the molecule is Cc1cc(N)c2c(OC3CCC(NC(=O)COCCOCc4ccccc4)CC3)cccc2n1.O=C=O. The van der Waals surface area contributed by atoms with Crippen molar-refractivity contribution in [2.75, 3.05) is 25.6 Å². The normalized spacial score (nSPS) is 16.8. The van der Waals surface area contributed by atoms with Crippen molar-refractivity contribution in [3.05, 3.63) is 65.9 Å². The molecular formula is C28H33N3O6. The van der Waals surface area contributed by atoms with Gasteiger partial charge < -0.3 is 25.3 Å². The highest BCUT2D eigenvalue weighted by atomic mass is 16.5. The molecule has 0 saturated heterocycles. The molecule has 0 spiro atoms. The zero-order valence-electron chi connectivity index (χ0n) is 21.0. The molecule has 0 atom stereocenters. The molecular weight excluding hydrogens is 474 g/mol. The van der Waals surface area contributed by atoms with E-state index in [1.165, 1.54) is 0 Å². The Morgan fingerprint density at radius 3 is 2.46 bits per heavy atom. The number of aryl methyl sites for hydroxylation is 1. The number of nitrogen functional groups attached to an aromatic ring is 1. The lowest BCUT2D eigenvalue weighted by atomic mass is 9.93. The first-order valence-corrected chi connectivity index (χ1v) is 12.3. The fraction of sp³-hybridized carbons (Fsp3) is 0.393. The third-order valence-corrected chi connectivity index (χ3v) is 6.00. The van der Waals surface area contributed by atoms with E-state index in [0.29, 0.717) is 25.5 Å². The van der Waals surface area contributed by atoms with E-state index >= 15 is 0 Å². The Hall–Kier alpha value is -3.78. The second kappa shape index (κ2) is 14.7. The summed E-state index contributed by atoms with van der Waals surface area (Å²) in [5.41, 5.74) is 9.79. The van der Waals surface area contributed by atoms with E-state index in [1.807, 2.05) is 61.5 Å². The van der Waals surface area contributed by atoms with Gasteiger partial charge in [0.25, 0.3) is 0 Å². The first-order chi connectivity index (χ1) is 18.0. The number of rotatable bonds is 10. The summed E-state index contributed by atoms with van der Waals surface area (Å²) in [5.74, 6) is 0.688. The molecule has 0 radical (unpaired) electrons. The minimum atomic E-state index is -0.0873. The molecule has 1 aliphatic rings. The molecule has 1 aromatic heterocycles. The molecule has 1 saturated carbocycles. The van der Waals surface area contributed by atoms with Crippen molar-refractivity contribution in [2.45, 2.75) is 51.4 Å². The summed E-state index contributed by atoms with van der Waals surface area (Å²) in [6.07, 6.45) is 3.82. The van der Waals surface area contributed by atoms with Crippen LogP contribution < -0.4 is 15.8 Å². The molecule has 0 unspecified atom stereocenters. The standard InChI is InChI=1S/C27H33N3O4.CO2/c1-19-16-23(28)27-24(29-19)8-5-9-25(27)34-22-12-10-21(11-13-22)30-26(31)18-33-15-14-32-17-20-6-3-2-4-7-20;2-1-3/h2-9,16,21-22H,10-15,17-18H2,1H3,(H2,28,29)(H,30,31);. The Morgan fingerprint density at radius 2 is 1.73 bits per heavy atom. The number of pyridine rings is 1. The van der Waals surface area contributed by atoms with Crippen molar-refractivity contribution in [1.29, 1.82) is 0 Å². The Balaban J connectivity index is 0.00000121. The van der Waals surface area contributed by atoms with Crippen LogP contribution in [0.3, 0.4) is 0 Å². The van der Waals surface area contributed by atoms with Gasteiger partial charge in [-0.25, -0.2) is 0 Å². The number of hydrogen-bond donors (Lipinski definition) is 2. The second-order valence-electron chi connectivity index (χ2n) is 8.84. The lowest BCUT2D eigenvalue weighted by molar-refractivity contribution is -0.191. The van der Waals surface area contributed by atoms with Gasteiger partial charge in [-0.3, -0.25) is 9.78 Å². The number of amides is 1. The number of nitrogens with two attached hydrogens (primary N) is 1. The number of nitrogens with zero attached hydrogens (tertiary/aromatic N) is 1. The number of aromatic nitrogens is 1. The zero-order chi connectivity index (χ0) is 26.5. The summed E-state index contributed by atoms with van der Waals surface area (Å²) in [7, 11) is 0. The van der Waals surface area contributed by atoms with E-state index in [0.717, 1.165) is 53.6 Å². The molecule has 9 heteroatoms. The minimum Gasteiger partial charge on any atom is -0.490 e. The van der Waals surface area contributed by atoms with Crippen molar-refractivity contribution >= 4 is 28.6 Å². The van der Waals surface area contributed by atoms with Crippen LogP contribution in [0.5, 0.6) is 5.75 Å². The van der Waals surface area contributed by atoms with Gasteiger partial charge in [-0.2, -0.15) is 9.59 Å². The lowest BCUT2D eigenvalue weighted by Crippen LogP contribution is -2.41. The number of anilines is 1. The van der Waals surface area contributed by atoms with Crippen LogP contribution in [0, 0.1) is 6.92 Å². The van der Waals surface area contributed by atoms with Gasteiger partial charge in [0, 0.05) is 17.4 Å². The number of ether oxygens (including phenoxy) is 3. The summed E-state index contributed by atoms with van der Waals surface area (Å²) in [6.45, 7) is 3.38. The van der Waals surface area contributed by atoms with Crippen LogP contribution in [0.25, 0.3) is 10.9 Å². The summed E-state index contributed by atoms with van der Waals surface area (Å²) >= 11 is 0. The molecule has 0 aliphatic heterocycles. The molecule has 1 amide bonds. The van der Waals surface area contributed by atoms with Crippen LogP contribution in [-0.4, -0.2) is 49.0 Å². The maximum absolute atomic E-state index is 12.2. The topological polar surface area (TPSA) is 130 Å². The largest absolute Gasteiger partial charge is 0.490 e. The van der Waals surface area contributed by atoms with Crippen molar-refractivity contribution in [3.63, 3.8) is 0 Å². The van der Waals surface area contributed by atoms with E-state index in [1.54, 1.807) is 0 Å². The fourth-order valence-electron chi connectivity index (χ4n) is 4.34. The first-order valence-electron chi connectivity index (χ1n) is 12.3. The number of carbonyl (C=O) groups is 1. The molecule has 2 aromatic carbocycles. The monoisotopic (exact) mass is 507 g/mol. The summed E-state index contributed by atoms with van der Waals surface area (Å²) in [6, 6.07) is 17.8. The highest BCUT2D eigenvalue weighted by molar-refractivity contribution is 5.95. The zero-order valence-corrected chi connectivity index (χ0v) is 21.0. The average Bonchev–Trinajstić information content (AvgIpc) is 2.88. The quantitative estimate of drug-likeness (QED) is 0.398. The molecule has 4 rings (SSSR count). The van der Waals surface area contributed by atoms with Crippen LogP contribution >= 0.6 is 0 Å². The van der Waals surface area contributed by atoms with Crippen molar-refractivity contribution in [2.24, 2.45) is 0 Å². The minimum absolute atomic E-state index is 0.0484. The molecule has 1 heterocycles. The van der Waals surface area contributed by atoms with Gasteiger partial charge >= 0.3 is 6.15 Å². The van der Waals surface area contributed by atoms with E-state index in [4.69, 9.17) is 29.5 Å². The second-order valence-corrected chi connectivity index (χ2v) is 8.84. The predicted octanol–water partition coefficient (Wildman–Crippen LogP) is 3.58. The Bertz CT molecular complexity index is 1170. The maximum atomic E-state index is 12.2. The van der Waals surface area contributed by atoms with Crippen LogP contribution in [0.15, 0.2) is 54.6 Å². The van der Waals surface area contributed by atoms with Gasteiger partial charge in [0.05, 0.1) is 36.8 Å². The van der Waals surface area contributed by atoms with Crippen LogP contribution in [0.4, 0.5) is 5.69 Å². The van der Waals surface area contributed by atoms with Crippen molar-refractivity contribution in [3.8, 4) is 5.75 Å². The van der Waals surface area contributed by atoms with Crippen LogP contribution in [0.1, 0.15) is 36.9 Å². The predicted molar refractivity (Wildman–Crippen MR) is 138 cm³/mol. The number of carbonyl (C=O) groups excluding carboxylic acids is 3. The van der Waals surface area contributed by atoms with Crippen molar-refractivity contribution < 1.29 is 28.6 Å². The fourth-order valence-corrected chi connectivity index (χ4v) is 4.34. The van der Waals surface area contributed by atoms with Gasteiger partial charge in [-0.15, -0.1) is 0 Å². The van der Waals surface area contributed by atoms with Gasteiger partial charge in [0.1, 0.15) is 12.4 Å².